The van der Waals surface area contributed by atoms with Crippen LogP contribution in [0.1, 0.15) is 12.3 Å². The Bertz CT molecular complexity index is 850. The van der Waals surface area contributed by atoms with E-state index in [4.69, 9.17) is 4.42 Å². The van der Waals surface area contributed by atoms with Crippen LogP contribution in [-0.4, -0.2) is 16.1 Å². The first-order chi connectivity index (χ1) is 11.6. The van der Waals surface area contributed by atoms with Crippen LogP contribution in [0.25, 0.3) is 11.5 Å². The van der Waals surface area contributed by atoms with Crippen LogP contribution >= 0.6 is 31.9 Å². The number of carbonyl (C=O) groups excluding carboxylic acids is 1. The van der Waals surface area contributed by atoms with Crippen molar-refractivity contribution in [1.29, 1.82) is 0 Å². The van der Waals surface area contributed by atoms with Gasteiger partial charge in [0, 0.05) is 27.4 Å². The van der Waals surface area contributed by atoms with Crippen molar-refractivity contribution in [3.8, 4) is 11.5 Å². The second kappa shape index (κ2) is 7.72. The maximum Gasteiger partial charge on any atom is 0.247 e. The summed E-state index contributed by atoms with van der Waals surface area (Å²) in [4.78, 5) is 12.1. The van der Waals surface area contributed by atoms with Crippen LogP contribution in [-0.2, 0) is 11.2 Å². The second-order valence-corrected chi connectivity index (χ2v) is 6.81. The average Bonchev–Trinajstić information content (AvgIpc) is 3.05. The molecule has 7 heteroatoms. The molecule has 24 heavy (non-hydrogen) atoms. The smallest absolute Gasteiger partial charge is 0.247 e. The molecule has 3 rings (SSSR count). The first kappa shape index (κ1) is 16.9. The van der Waals surface area contributed by atoms with E-state index in [2.05, 4.69) is 47.4 Å². The van der Waals surface area contributed by atoms with Crippen LogP contribution in [0, 0.1) is 0 Å². The zero-order valence-corrected chi connectivity index (χ0v) is 15.7. The van der Waals surface area contributed by atoms with E-state index in [-0.39, 0.29) is 12.3 Å². The summed E-state index contributed by atoms with van der Waals surface area (Å²) in [5.41, 5.74) is 1.58. The number of rotatable bonds is 5. The minimum absolute atomic E-state index is 0.113. The van der Waals surface area contributed by atoms with Crippen LogP contribution in [0.4, 0.5) is 5.69 Å². The Morgan fingerprint density at radius 1 is 1.08 bits per heavy atom. The van der Waals surface area contributed by atoms with E-state index in [1.807, 2.05) is 48.5 Å². The standard InChI is InChI=1S/C17H13Br2N3O2/c18-12-6-7-14(13(19)10-12)20-15(23)8-9-16-21-22-17(24-16)11-4-2-1-3-5-11/h1-7,10H,8-9H2,(H,20,23). The van der Waals surface area contributed by atoms with Crippen LogP contribution < -0.4 is 5.32 Å². The van der Waals surface area contributed by atoms with Crippen molar-refractivity contribution in [2.24, 2.45) is 0 Å². The molecule has 1 aromatic heterocycles. The molecule has 0 atom stereocenters. The largest absolute Gasteiger partial charge is 0.421 e. The topological polar surface area (TPSA) is 68.0 Å². The van der Waals surface area contributed by atoms with E-state index in [1.165, 1.54) is 0 Å². The summed E-state index contributed by atoms with van der Waals surface area (Å²) in [6.45, 7) is 0. The fourth-order valence-electron chi connectivity index (χ4n) is 2.08. The van der Waals surface area contributed by atoms with Gasteiger partial charge >= 0.3 is 0 Å². The van der Waals surface area contributed by atoms with E-state index in [0.717, 1.165) is 20.2 Å². The van der Waals surface area contributed by atoms with Gasteiger partial charge in [-0.2, -0.15) is 0 Å². The molecule has 3 aromatic rings. The van der Waals surface area contributed by atoms with E-state index in [1.54, 1.807) is 0 Å². The highest BCUT2D eigenvalue weighted by Crippen LogP contribution is 2.26. The van der Waals surface area contributed by atoms with Crippen LogP contribution in [0.3, 0.4) is 0 Å². The molecular formula is C17H13Br2N3O2. The molecule has 1 heterocycles. The molecular weight excluding hydrogens is 438 g/mol. The molecule has 0 saturated heterocycles. The Balaban J connectivity index is 1.58. The molecule has 0 saturated carbocycles. The molecule has 0 unspecified atom stereocenters. The minimum atomic E-state index is -0.113. The summed E-state index contributed by atoms with van der Waals surface area (Å²) >= 11 is 6.79. The third-order valence-corrected chi connectivity index (χ3v) is 4.41. The van der Waals surface area contributed by atoms with Gasteiger partial charge in [0.2, 0.25) is 17.7 Å². The first-order valence-corrected chi connectivity index (χ1v) is 8.83. The molecule has 2 aromatic carbocycles. The highest BCUT2D eigenvalue weighted by Gasteiger charge is 2.11. The lowest BCUT2D eigenvalue weighted by Crippen LogP contribution is -2.12. The lowest BCUT2D eigenvalue weighted by molar-refractivity contribution is -0.116. The molecule has 0 fully saturated rings. The summed E-state index contributed by atoms with van der Waals surface area (Å²) in [6.07, 6.45) is 0.652. The zero-order valence-electron chi connectivity index (χ0n) is 12.5. The minimum Gasteiger partial charge on any atom is -0.421 e. The van der Waals surface area contributed by atoms with Crippen molar-refractivity contribution in [1.82, 2.24) is 10.2 Å². The lowest BCUT2D eigenvalue weighted by atomic mass is 10.2. The number of nitrogens with zero attached hydrogens (tertiary/aromatic N) is 2. The van der Waals surface area contributed by atoms with Gasteiger partial charge in [-0.15, -0.1) is 10.2 Å². The molecule has 0 aliphatic rings. The highest BCUT2D eigenvalue weighted by molar-refractivity contribution is 9.11. The summed E-state index contributed by atoms with van der Waals surface area (Å²) in [5.74, 6) is 0.790. The number of nitrogens with one attached hydrogen (secondary N) is 1. The molecule has 1 N–H and O–H groups in total. The summed E-state index contributed by atoms with van der Waals surface area (Å²) in [5, 5.41) is 10.8. The molecule has 1 amide bonds. The maximum absolute atomic E-state index is 12.1. The van der Waals surface area contributed by atoms with Crippen molar-refractivity contribution in [2.45, 2.75) is 12.8 Å². The SMILES string of the molecule is O=C(CCc1nnc(-c2ccccc2)o1)Nc1ccc(Br)cc1Br. The van der Waals surface area contributed by atoms with E-state index < -0.39 is 0 Å². The van der Waals surface area contributed by atoms with E-state index >= 15 is 0 Å². The third-order valence-electron chi connectivity index (χ3n) is 3.26. The number of amides is 1. The Hall–Kier alpha value is -1.99. The van der Waals surface area contributed by atoms with E-state index in [9.17, 15) is 4.79 Å². The monoisotopic (exact) mass is 449 g/mol. The van der Waals surface area contributed by atoms with E-state index in [0.29, 0.717) is 18.2 Å². The van der Waals surface area contributed by atoms with Gasteiger partial charge in [0.15, 0.2) is 0 Å². The number of benzene rings is 2. The highest BCUT2D eigenvalue weighted by atomic mass is 79.9. The van der Waals surface area contributed by atoms with Crippen molar-refractivity contribution >= 4 is 43.5 Å². The number of halogens is 2. The first-order valence-electron chi connectivity index (χ1n) is 7.24. The number of hydrogen-bond donors (Lipinski definition) is 1. The van der Waals surface area contributed by atoms with Crippen LogP contribution in [0.5, 0.6) is 0 Å². The summed E-state index contributed by atoms with van der Waals surface area (Å²) < 4.78 is 7.34. The quantitative estimate of drug-likeness (QED) is 0.604. The predicted octanol–water partition coefficient (Wildman–Crippen LogP) is 4.83. The Kier molecular flexibility index (Phi) is 5.42. The van der Waals surface area contributed by atoms with Gasteiger partial charge < -0.3 is 9.73 Å². The van der Waals surface area contributed by atoms with Gasteiger partial charge in [-0.25, -0.2) is 0 Å². The number of hydrogen-bond acceptors (Lipinski definition) is 4. The van der Waals surface area contributed by atoms with Gasteiger partial charge in [-0.1, -0.05) is 34.1 Å². The fraction of sp³-hybridized carbons (Fsp3) is 0.118. The van der Waals surface area contributed by atoms with Gasteiger partial charge in [-0.05, 0) is 46.3 Å². The van der Waals surface area contributed by atoms with Crippen LogP contribution in [0.15, 0.2) is 61.9 Å². The van der Waals surface area contributed by atoms with Gasteiger partial charge in [-0.3, -0.25) is 4.79 Å². The molecule has 0 radical (unpaired) electrons. The van der Waals surface area contributed by atoms with Crippen LogP contribution in [0.2, 0.25) is 0 Å². The van der Waals surface area contributed by atoms with Crippen molar-refractivity contribution in [3.63, 3.8) is 0 Å². The molecule has 5 nitrogen and oxygen atoms in total. The molecule has 0 aliphatic carbocycles. The van der Waals surface area contributed by atoms with Crippen molar-refractivity contribution < 1.29 is 9.21 Å². The fourth-order valence-corrected chi connectivity index (χ4v) is 3.22. The number of carbonyl (C=O) groups is 1. The number of anilines is 1. The maximum atomic E-state index is 12.1. The normalized spacial score (nSPS) is 10.6. The van der Waals surface area contributed by atoms with Crippen molar-refractivity contribution in [3.05, 3.63) is 63.4 Å². The summed E-state index contributed by atoms with van der Waals surface area (Å²) in [6, 6.07) is 15.1. The second-order valence-electron chi connectivity index (χ2n) is 5.04. The van der Waals surface area contributed by atoms with Gasteiger partial charge in [0.1, 0.15) is 0 Å². The molecule has 0 spiro atoms. The van der Waals surface area contributed by atoms with Crippen molar-refractivity contribution in [2.75, 3.05) is 5.32 Å². The predicted molar refractivity (Wildman–Crippen MR) is 98.5 cm³/mol. The Morgan fingerprint density at radius 2 is 1.88 bits per heavy atom. The van der Waals surface area contributed by atoms with Gasteiger partial charge in [0.05, 0.1) is 5.69 Å². The molecule has 122 valence electrons. The average molecular weight is 451 g/mol. The molecule has 0 aliphatic heterocycles. The number of aromatic nitrogens is 2. The zero-order chi connectivity index (χ0) is 16.9. The third kappa shape index (κ3) is 4.30. The number of aryl methyl sites for hydroxylation is 1. The Labute approximate surface area is 155 Å². The lowest BCUT2D eigenvalue weighted by Gasteiger charge is -2.06. The molecule has 0 bridgehead atoms. The van der Waals surface area contributed by atoms with Gasteiger partial charge in [0.25, 0.3) is 0 Å². The summed E-state index contributed by atoms with van der Waals surface area (Å²) in [7, 11) is 0. The Morgan fingerprint density at radius 3 is 2.62 bits per heavy atom.